The molecule has 4 atom stereocenters. The van der Waals surface area contributed by atoms with Crippen molar-refractivity contribution in [2.24, 2.45) is 0 Å². The number of aromatic nitrogens is 4. The maximum Gasteiger partial charge on any atom is 0.177 e. The quantitative estimate of drug-likeness (QED) is 0.430. The Labute approximate surface area is 208 Å². The highest BCUT2D eigenvalue weighted by Gasteiger charge is 2.60. The van der Waals surface area contributed by atoms with Crippen molar-refractivity contribution in [1.82, 2.24) is 19.5 Å². The predicted octanol–water partition coefficient (Wildman–Crippen LogP) is 2.65. The molecule has 184 valence electrons. The summed E-state index contributed by atoms with van der Waals surface area (Å²) in [4.78, 5) is 13.5. The van der Waals surface area contributed by atoms with Crippen molar-refractivity contribution in [2.75, 3.05) is 18.5 Å². The first kappa shape index (κ1) is 21.9. The summed E-state index contributed by atoms with van der Waals surface area (Å²) < 4.78 is 21.2. The molecule has 4 aromatic rings. The molecule has 2 aromatic carbocycles. The van der Waals surface area contributed by atoms with Gasteiger partial charge in [-0.2, -0.15) is 0 Å². The summed E-state index contributed by atoms with van der Waals surface area (Å²) in [6, 6.07) is 18.6. The van der Waals surface area contributed by atoms with Crippen LogP contribution in [0.3, 0.4) is 0 Å². The van der Waals surface area contributed by atoms with E-state index in [1.165, 1.54) is 23.0 Å². The number of rotatable bonds is 6. The minimum Gasteiger partial charge on any atom is -0.394 e. The van der Waals surface area contributed by atoms with E-state index in [4.69, 9.17) is 14.2 Å². The van der Waals surface area contributed by atoms with E-state index in [1.807, 2.05) is 34.9 Å². The molecule has 2 saturated heterocycles. The Hall–Kier alpha value is -3.37. The van der Waals surface area contributed by atoms with Gasteiger partial charge in [0.2, 0.25) is 0 Å². The molecule has 0 amide bonds. The van der Waals surface area contributed by atoms with Gasteiger partial charge in [-0.15, -0.1) is 0 Å². The van der Waals surface area contributed by atoms with Crippen LogP contribution in [0.4, 0.5) is 5.82 Å². The van der Waals surface area contributed by atoms with E-state index in [-0.39, 0.29) is 12.7 Å². The van der Waals surface area contributed by atoms with Gasteiger partial charge in [0.05, 0.1) is 12.9 Å². The van der Waals surface area contributed by atoms with E-state index in [2.05, 4.69) is 44.5 Å². The Morgan fingerprint density at radius 1 is 0.944 bits per heavy atom. The van der Waals surface area contributed by atoms with Crippen LogP contribution in [0.1, 0.15) is 22.9 Å². The first-order valence-corrected chi connectivity index (χ1v) is 12.4. The standard InChI is InChI=1S/C27H27N5O4/c33-14-20-22-23(36-27(35-22)12-18-8-4-5-9-19(18)13-27)26(34-20)32-16-31-21-24(29-15-30-25(21)32)28-11-10-17-6-2-1-3-7-17/h1-9,15-16,20,22-23,26,33H,10-14H2,(H,28,29,30)/t20-,22?,23+,26-/m1/s1. The van der Waals surface area contributed by atoms with E-state index in [1.54, 1.807) is 6.33 Å². The SMILES string of the molecule is OC[C@H]1O[C@@H](n2cnc3c(NCCc4ccccc4)ncnc32)[C@H]2OC3(Cc4ccccc4C3)OC12. The fourth-order valence-electron chi connectivity index (χ4n) is 5.72. The number of benzene rings is 2. The van der Waals surface area contributed by atoms with Crippen molar-refractivity contribution >= 4 is 17.0 Å². The third-order valence-electron chi connectivity index (χ3n) is 7.39. The fraction of sp³-hybridized carbons (Fsp3) is 0.370. The average molecular weight is 486 g/mol. The van der Waals surface area contributed by atoms with Crippen LogP contribution in [0.5, 0.6) is 0 Å². The van der Waals surface area contributed by atoms with Gasteiger partial charge in [-0.3, -0.25) is 4.57 Å². The third kappa shape index (κ3) is 3.58. The van der Waals surface area contributed by atoms with Crippen LogP contribution in [0.25, 0.3) is 11.2 Å². The van der Waals surface area contributed by atoms with Gasteiger partial charge in [0.1, 0.15) is 24.6 Å². The van der Waals surface area contributed by atoms with Crippen molar-refractivity contribution in [2.45, 2.75) is 49.6 Å². The molecular formula is C27H27N5O4. The van der Waals surface area contributed by atoms with Crippen molar-refractivity contribution in [3.8, 4) is 0 Å². The monoisotopic (exact) mass is 485 g/mol. The average Bonchev–Trinajstić information content (AvgIpc) is 3.66. The first-order chi connectivity index (χ1) is 17.7. The summed E-state index contributed by atoms with van der Waals surface area (Å²) in [5.41, 5.74) is 5.04. The summed E-state index contributed by atoms with van der Waals surface area (Å²) in [5, 5.41) is 13.5. The normalized spacial score (nSPS) is 25.9. The molecule has 2 aliphatic heterocycles. The number of aliphatic hydroxyl groups is 1. The van der Waals surface area contributed by atoms with Gasteiger partial charge < -0.3 is 24.6 Å². The van der Waals surface area contributed by atoms with Crippen LogP contribution in [0.15, 0.2) is 67.3 Å². The minimum absolute atomic E-state index is 0.155. The lowest BCUT2D eigenvalue weighted by Gasteiger charge is -2.27. The Morgan fingerprint density at radius 2 is 1.69 bits per heavy atom. The summed E-state index contributed by atoms with van der Waals surface area (Å²) in [6.45, 7) is 0.568. The lowest BCUT2D eigenvalue weighted by atomic mass is 10.1. The number of hydrogen-bond acceptors (Lipinski definition) is 8. The zero-order chi connectivity index (χ0) is 24.1. The number of hydrogen-bond donors (Lipinski definition) is 2. The van der Waals surface area contributed by atoms with Gasteiger partial charge in [0.25, 0.3) is 0 Å². The van der Waals surface area contributed by atoms with Gasteiger partial charge >= 0.3 is 0 Å². The molecule has 7 rings (SSSR count). The van der Waals surface area contributed by atoms with Crippen LogP contribution in [-0.4, -0.2) is 61.9 Å². The second-order valence-electron chi connectivity index (χ2n) is 9.65. The van der Waals surface area contributed by atoms with Gasteiger partial charge in [0.15, 0.2) is 29.0 Å². The first-order valence-electron chi connectivity index (χ1n) is 12.4. The second-order valence-corrected chi connectivity index (χ2v) is 9.65. The van der Waals surface area contributed by atoms with E-state index in [0.717, 1.165) is 13.0 Å². The van der Waals surface area contributed by atoms with E-state index >= 15 is 0 Å². The summed E-state index contributed by atoms with van der Waals surface area (Å²) in [6.07, 6.45) is 3.69. The summed E-state index contributed by atoms with van der Waals surface area (Å²) in [5.74, 6) is -0.0569. The summed E-state index contributed by atoms with van der Waals surface area (Å²) in [7, 11) is 0. The van der Waals surface area contributed by atoms with Crippen LogP contribution >= 0.6 is 0 Å². The predicted molar refractivity (Wildman–Crippen MR) is 131 cm³/mol. The molecule has 2 fully saturated rings. The molecule has 0 bridgehead atoms. The lowest BCUT2D eigenvalue weighted by molar-refractivity contribution is -0.213. The molecule has 2 N–H and O–H groups in total. The van der Waals surface area contributed by atoms with Crippen molar-refractivity contribution in [1.29, 1.82) is 0 Å². The Bertz CT molecular complexity index is 1370. The smallest absolute Gasteiger partial charge is 0.177 e. The maximum atomic E-state index is 10.1. The number of nitrogens with zero attached hydrogens (tertiary/aromatic N) is 4. The zero-order valence-corrected chi connectivity index (χ0v) is 19.7. The molecule has 1 aliphatic carbocycles. The summed E-state index contributed by atoms with van der Waals surface area (Å²) >= 11 is 0. The van der Waals surface area contributed by atoms with Gasteiger partial charge in [-0.1, -0.05) is 54.6 Å². The number of ether oxygens (including phenoxy) is 3. The minimum atomic E-state index is -0.732. The highest BCUT2D eigenvalue weighted by atomic mass is 16.8. The molecule has 0 saturated carbocycles. The molecule has 2 aromatic heterocycles. The highest BCUT2D eigenvalue weighted by molar-refractivity contribution is 5.82. The van der Waals surface area contributed by atoms with E-state index < -0.39 is 24.2 Å². The number of nitrogens with one attached hydrogen (secondary N) is 1. The molecule has 0 radical (unpaired) electrons. The second kappa shape index (κ2) is 8.63. The number of anilines is 1. The Kier molecular flexibility index (Phi) is 5.25. The topological polar surface area (TPSA) is 104 Å². The van der Waals surface area contributed by atoms with Crippen LogP contribution in [0.2, 0.25) is 0 Å². The van der Waals surface area contributed by atoms with Gasteiger partial charge in [0, 0.05) is 19.4 Å². The fourth-order valence-corrected chi connectivity index (χ4v) is 5.72. The van der Waals surface area contributed by atoms with E-state index in [9.17, 15) is 5.11 Å². The molecule has 9 heteroatoms. The Morgan fingerprint density at radius 3 is 2.47 bits per heavy atom. The van der Waals surface area contributed by atoms with E-state index in [0.29, 0.717) is 29.8 Å². The molecule has 9 nitrogen and oxygen atoms in total. The van der Waals surface area contributed by atoms with Crippen molar-refractivity contribution < 1.29 is 19.3 Å². The van der Waals surface area contributed by atoms with Crippen LogP contribution in [-0.2, 0) is 33.5 Å². The highest BCUT2D eigenvalue weighted by Crippen LogP contribution is 2.48. The third-order valence-corrected chi connectivity index (χ3v) is 7.39. The number of imidazole rings is 1. The molecule has 36 heavy (non-hydrogen) atoms. The van der Waals surface area contributed by atoms with Gasteiger partial charge in [-0.25, -0.2) is 15.0 Å². The van der Waals surface area contributed by atoms with Crippen molar-refractivity contribution in [3.05, 3.63) is 83.9 Å². The molecule has 3 aliphatic rings. The Balaban J connectivity index is 1.14. The number of fused-ring (bicyclic) bond motifs is 3. The molecular weight excluding hydrogens is 458 g/mol. The van der Waals surface area contributed by atoms with Crippen LogP contribution < -0.4 is 5.32 Å². The largest absolute Gasteiger partial charge is 0.394 e. The lowest BCUT2D eigenvalue weighted by Crippen LogP contribution is -2.36. The number of aliphatic hydroxyl groups excluding tert-OH is 1. The van der Waals surface area contributed by atoms with Crippen molar-refractivity contribution in [3.63, 3.8) is 0 Å². The molecule has 1 unspecified atom stereocenters. The van der Waals surface area contributed by atoms with Gasteiger partial charge in [-0.05, 0) is 23.1 Å². The van der Waals surface area contributed by atoms with Crippen LogP contribution in [0, 0.1) is 0 Å². The zero-order valence-electron chi connectivity index (χ0n) is 19.7. The maximum absolute atomic E-state index is 10.1. The molecule has 4 heterocycles. The molecule has 1 spiro atoms.